The molecule has 0 heterocycles. The molecule has 220 valence electrons. The number of hydrogen-bond acceptors (Lipinski definition) is 6. The van der Waals surface area contributed by atoms with E-state index < -0.39 is 30.5 Å². The highest BCUT2D eigenvalue weighted by atomic mass is 32.1. The summed E-state index contributed by atoms with van der Waals surface area (Å²) in [7, 11) is 0. The van der Waals surface area contributed by atoms with Gasteiger partial charge in [-0.2, -0.15) is 0 Å². The van der Waals surface area contributed by atoms with E-state index in [1.165, 1.54) is 24.3 Å². The fraction of sp³-hybridized carbons (Fsp3) is 0.440. The molecule has 2 aliphatic carbocycles. The monoisotopic (exact) mass is 595 g/mol. The average Bonchev–Trinajstić information content (AvgIpc) is 3.03. The first kappa shape index (κ1) is 31.2. The van der Waals surface area contributed by atoms with Crippen molar-refractivity contribution in [2.24, 2.45) is 0 Å². The molecule has 0 aliphatic heterocycles. The lowest BCUT2D eigenvalue weighted by molar-refractivity contribution is -0.330. The average molecular weight is 596 g/mol. The third-order valence-corrected chi connectivity index (χ3v) is 5.90. The highest BCUT2D eigenvalue weighted by Gasteiger charge is 2.34. The number of nitrogens with one attached hydrogen (secondary N) is 3. The highest BCUT2D eigenvalue weighted by Crippen LogP contribution is 2.29. The number of anilines is 1. The topological polar surface area (TPSA) is 101 Å². The van der Waals surface area contributed by atoms with E-state index in [1.54, 1.807) is 0 Å². The number of thiocarbonyl (C=S) groups is 1. The van der Waals surface area contributed by atoms with Crippen molar-refractivity contribution in [2.75, 3.05) is 18.5 Å². The van der Waals surface area contributed by atoms with Crippen LogP contribution in [0.25, 0.3) is 0 Å². The van der Waals surface area contributed by atoms with Crippen molar-refractivity contribution < 1.29 is 50.5 Å². The minimum Gasteiger partial charge on any atom is -0.490 e. The van der Waals surface area contributed by atoms with Crippen LogP contribution in [0.5, 0.6) is 5.75 Å². The molecule has 15 heteroatoms. The largest absolute Gasteiger partial charge is 0.573 e. The summed E-state index contributed by atoms with van der Waals surface area (Å²) >= 11 is 5.28. The number of hydrogen-bond donors (Lipinski definition) is 4. The Bertz CT molecular complexity index is 1130. The minimum atomic E-state index is -4.93. The number of aliphatic hydroxyl groups excluding tert-OH is 1. The Labute approximate surface area is 231 Å². The van der Waals surface area contributed by atoms with Crippen molar-refractivity contribution >= 4 is 28.9 Å². The van der Waals surface area contributed by atoms with Gasteiger partial charge in [0.05, 0.1) is 18.3 Å². The number of rotatable bonds is 9. The maximum Gasteiger partial charge on any atom is 0.573 e. The van der Waals surface area contributed by atoms with Crippen LogP contribution < -0.4 is 20.7 Å². The summed E-state index contributed by atoms with van der Waals surface area (Å²) in [6.45, 7) is -0.466. The molecular formula is C25H27F6N3O5S. The zero-order chi connectivity index (χ0) is 29.3. The van der Waals surface area contributed by atoms with Gasteiger partial charge in [0.1, 0.15) is 17.6 Å². The smallest absolute Gasteiger partial charge is 0.490 e. The Hall–Kier alpha value is -3.30. The van der Waals surface area contributed by atoms with E-state index in [0.717, 1.165) is 24.3 Å². The van der Waals surface area contributed by atoms with Gasteiger partial charge >= 0.3 is 12.7 Å². The van der Waals surface area contributed by atoms with Gasteiger partial charge in [-0.3, -0.25) is 9.53 Å². The Morgan fingerprint density at radius 2 is 1.80 bits per heavy atom. The number of carbonyl (C=O) groups is 1. The maximum atomic E-state index is 12.8. The predicted octanol–water partition coefficient (Wildman–Crippen LogP) is 4.59. The molecule has 3 rings (SSSR count). The van der Waals surface area contributed by atoms with Gasteiger partial charge in [0.15, 0.2) is 5.11 Å². The van der Waals surface area contributed by atoms with E-state index in [0.29, 0.717) is 31.4 Å². The minimum absolute atomic E-state index is 0.0644. The Kier molecular flexibility index (Phi) is 10.8. The van der Waals surface area contributed by atoms with Crippen LogP contribution in [-0.4, -0.2) is 60.3 Å². The van der Waals surface area contributed by atoms with E-state index in [4.69, 9.17) is 22.1 Å². The van der Waals surface area contributed by atoms with Crippen LogP contribution >= 0.6 is 12.2 Å². The molecule has 1 aromatic carbocycles. The van der Waals surface area contributed by atoms with Gasteiger partial charge in [-0.25, -0.2) is 0 Å². The molecule has 40 heavy (non-hydrogen) atoms. The summed E-state index contributed by atoms with van der Waals surface area (Å²) < 4.78 is 89.6. The highest BCUT2D eigenvalue weighted by molar-refractivity contribution is 7.80. The Balaban J connectivity index is 1.55. The van der Waals surface area contributed by atoms with Crippen molar-refractivity contribution in [2.45, 2.75) is 56.7 Å². The molecule has 8 nitrogen and oxygen atoms in total. The second-order valence-electron chi connectivity index (χ2n) is 8.77. The molecule has 1 saturated carbocycles. The Morgan fingerprint density at radius 3 is 2.45 bits per heavy atom. The van der Waals surface area contributed by atoms with Crippen molar-refractivity contribution in [3.63, 3.8) is 0 Å². The number of amides is 1. The van der Waals surface area contributed by atoms with Gasteiger partial charge < -0.3 is 30.5 Å². The van der Waals surface area contributed by atoms with E-state index >= 15 is 0 Å². The summed E-state index contributed by atoms with van der Waals surface area (Å²) in [5.74, 6) is -1.05. The Morgan fingerprint density at radius 1 is 1.07 bits per heavy atom. The number of halogens is 6. The zero-order valence-corrected chi connectivity index (χ0v) is 21.7. The molecule has 1 aromatic rings. The molecule has 0 saturated heterocycles. The van der Waals surface area contributed by atoms with Gasteiger partial charge in [-0.05, 0) is 62.2 Å². The molecule has 0 aromatic heterocycles. The third-order valence-electron chi connectivity index (χ3n) is 5.69. The number of allylic oxidation sites excluding steroid dienone is 2. The first-order valence-electron chi connectivity index (χ1n) is 12.2. The third kappa shape index (κ3) is 10.7. The maximum absolute atomic E-state index is 12.8. The molecule has 2 aliphatic rings. The molecule has 1 atom stereocenters. The SMILES string of the molecule is O=C(NCCO)C1=CC(OC(F)(F)F)C=CC=C1OC1CCC(NC(=S)Nc2cccc(OC(F)(F)F)c2)CC1. The van der Waals surface area contributed by atoms with Crippen molar-refractivity contribution in [1.29, 1.82) is 0 Å². The summed E-state index contributed by atoms with van der Waals surface area (Å²) in [5.41, 5.74) is 0.145. The van der Waals surface area contributed by atoms with Crippen LogP contribution in [0.4, 0.5) is 32.0 Å². The van der Waals surface area contributed by atoms with Gasteiger partial charge in [0.2, 0.25) is 0 Å². The lowest BCUT2D eigenvalue weighted by Crippen LogP contribution is -2.41. The number of benzene rings is 1. The van der Waals surface area contributed by atoms with Crippen molar-refractivity contribution in [3.8, 4) is 5.75 Å². The van der Waals surface area contributed by atoms with Crippen LogP contribution in [-0.2, 0) is 14.3 Å². The normalized spacial score (nSPS) is 21.4. The zero-order valence-electron chi connectivity index (χ0n) is 20.8. The van der Waals surface area contributed by atoms with E-state index in [-0.39, 0.29) is 41.7 Å². The lowest BCUT2D eigenvalue weighted by atomic mass is 9.93. The van der Waals surface area contributed by atoms with Gasteiger partial charge in [-0.15, -0.1) is 26.3 Å². The fourth-order valence-corrected chi connectivity index (χ4v) is 4.34. The van der Waals surface area contributed by atoms with E-state index in [9.17, 15) is 31.1 Å². The number of alkyl halides is 6. The molecule has 0 bridgehead atoms. The first-order valence-corrected chi connectivity index (χ1v) is 12.6. The lowest BCUT2D eigenvalue weighted by Gasteiger charge is -2.31. The van der Waals surface area contributed by atoms with Crippen molar-refractivity contribution in [1.82, 2.24) is 10.6 Å². The number of carbonyl (C=O) groups excluding carboxylic acids is 1. The van der Waals surface area contributed by atoms with Crippen LogP contribution in [0, 0.1) is 0 Å². The quantitative estimate of drug-likeness (QED) is 0.243. The number of aliphatic hydroxyl groups is 1. The van der Waals surface area contributed by atoms with E-state index in [1.807, 2.05) is 0 Å². The van der Waals surface area contributed by atoms with Crippen LogP contribution in [0.3, 0.4) is 0 Å². The summed E-state index contributed by atoms with van der Waals surface area (Å²) in [5, 5.41) is 17.5. The summed E-state index contributed by atoms with van der Waals surface area (Å²) in [6, 6.07) is 5.16. The standard InChI is InChI=1S/C25H27F6N3O5S/c26-24(27,28)38-18-4-1-3-16(13-18)34-23(40)33-15-7-9-17(10-8-15)37-21-6-2-5-19(39-25(29,30)31)14-20(21)22(36)32-11-12-35/h1-6,13-15,17,19,35H,7-12H2,(H,32,36)(H2,33,34,40). The van der Waals surface area contributed by atoms with Crippen LogP contribution in [0.15, 0.2) is 59.9 Å². The summed E-state index contributed by atoms with van der Waals surface area (Å²) in [6.07, 6.45) is -4.64. The first-order chi connectivity index (χ1) is 18.8. The molecule has 1 amide bonds. The molecule has 1 fully saturated rings. The predicted molar refractivity (Wildman–Crippen MR) is 136 cm³/mol. The summed E-state index contributed by atoms with van der Waals surface area (Å²) in [4.78, 5) is 12.6. The van der Waals surface area contributed by atoms with Gasteiger partial charge in [-0.1, -0.05) is 18.2 Å². The van der Waals surface area contributed by atoms with Crippen molar-refractivity contribution in [3.05, 3.63) is 59.9 Å². The molecule has 0 radical (unpaired) electrons. The second-order valence-corrected chi connectivity index (χ2v) is 9.18. The second kappa shape index (κ2) is 13.9. The van der Waals surface area contributed by atoms with Crippen LogP contribution in [0.2, 0.25) is 0 Å². The molecule has 4 N–H and O–H groups in total. The fourth-order valence-electron chi connectivity index (χ4n) is 4.05. The molecular weight excluding hydrogens is 568 g/mol. The van der Waals surface area contributed by atoms with E-state index in [2.05, 4.69) is 25.4 Å². The molecule has 1 unspecified atom stereocenters. The number of ether oxygens (including phenoxy) is 3. The van der Waals surface area contributed by atoms with Crippen LogP contribution in [0.1, 0.15) is 25.7 Å². The molecule has 0 spiro atoms. The van der Waals surface area contributed by atoms with Gasteiger partial charge in [0.25, 0.3) is 5.91 Å². The van der Waals surface area contributed by atoms with Gasteiger partial charge in [0, 0.05) is 24.3 Å².